The molecule has 0 aromatic heterocycles. The van der Waals surface area contributed by atoms with Gasteiger partial charge in [-0.1, -0.05) is 22.0 Å². The molecule has 3 nitrogen and oxygen atoms in total. The minimum absolute atomic E-state index is 0.175. The van der Waals surface area contributed by atoms with Gasteiger partial charge in [-0.25, -0.2) is 0 Å². The van der Waals surface area contributed by atoms with Gasteiger partial charge in [-0.2, -0.15) is 0 Å². The van der Waals surface area contributed by atoms with Crippen molar-refractivity contribution >= 4 is 27.5 Å². The van der Waals surface area contributed by atoms with Crippen LogP contribution in [0.25, 0.3) is 0 Å². The van der Waals surface area contributed by atoms with Crippen molar-refractivity contribution in [3.05, 3.63) is 28.2 Å². The van der Waals surface area contributed by atoms with Crippen LogP contribution in [0, 0.1) is 6.92 Å². The van der Waals surface area contributed by atoms with E-state index in [1.165, 1.54) is 0 Å². The Kier molecular flexibility index (Phi) is 3.66. The topological polar surface area (TPSA) is 55.1 Å². The van der Waals surface area contributed by atoms with E-state index in [2.05, 4.69) is 21.2 Å². The molecular formula is C10H13BrN2O. The van der Waals surface area contributed by atoms with Crippen LogP contribution >= 0.6 is 15.9 Å². The molecule has 0 aliphatic carbocycles. The predicted molar refractivity (Wildman–Crippen MR) is 61.2 cm³/mol. The lowest BCUT2D eigenvalue weighted by molar-refractivity contribution is -0.117. The minimum atomic E-state index is -0.492. The summed E-state index contributed by atoms with van der Waals surface area (Å²) in [6.45, 7) is 3.59. The second-order valence-electron chi connectivity index (χ2n) is 3.19. The third kappa shape index (κ3) is 2.56. The van der Waals surface area contributed by atoms with E-state index >= 15 is 0 Å². The van der Waals surface area contributed by atoms with Crippen LogP contribution in [0.3, 0.4) is 0 Å². The van der Waals surface area contributed by atoms with E-state index in [0.717, 1.165) is 15.7 Å². The van der Waals surface area contributed by atoms with Crippen LogP contribution in [0.1, 0.15) is 12.5 Å². The standard InChI is InChI=1S/C10H13BrN2O/c1-6-8(11)4-3-5-9(6)13-10(14)7(2)12/h3-5,7H,12H2,1-2H3,(H,13,14)/t7-/m1/s1. The normalized spacial score (nSPS) is 12.3. The monoisotopic (exact) mass is 256 g/mol. The first-order valence-corrected chi connectivity index (χ1v) is 5.13. The van der Waals surface area contributed by atoms with Crippen molar-refractivity contribution in [2.45, 2.75) is 19.9 Å². The van der Waals surface area contributed by atoms with E-state index in [-0.39, 0.29) is 5.91 Å². The molecule has 0 spiro atoms. The average Bonchev–Trinajstić information content (AvgIpc) is 2.12. The maximum Gasteiger partial charge on any atom is 0.241 e. The lowest BCUT2D eigenvalue weighted by atomic mass is 10.2. The van der Waals surface area contributed by atoms with Crippen molar-refractivity contribution in [1.82, 2.24) is 0 Å². The van der Waals surface area contributed by atoms with Crippen LogP contribution in [-0.4, -0.2) is 11.9 Å². The number of nitrogens with two attached hydrogens (primary N) is 1. The van der Waals surface area contributed by atoms with E-state index in [9.17, 15) is 4.79 Å². The Morgan fingerprint density at radius 2 is 2.21 bits per heavy atom. The number of carbonyl (C=O) groups excluding carboxylic acids is 1. The van der Waals surface area contributed by atoms with Gasteiger partial charge in [0.25, 0.3) is 0 Å². The van der Waals surface area contributed by atoms with Crippen LogP contribution in [0.4, 0.5) is 5.69 Å². The number of hydrogen-bond donors (Lipinski definition) is 2. The molecule has 1 aromatic rings. The summed E-state index contributed by atoms with van der Waals surface area (Å²) in [4.78, 5) is 11.3. The zero-order valence-corrected chi connectivity index (χ0v) is 9.76. The lowest BCUT2D eigenvalue weighted by Crippen LogP contribution is -2.32. The SMILES string of the molecule is Cc1c(Br)cccc1NC(=O)[C@@H](C)N. The molecule has 0 saturated heterocycles. The number of halogens is 1. The molecule has 0 unspecified atom stereocenters. The van der Waals surface area contributed by atoms with Crippen molar-refractivity contribution < 1.29 is 4.79 Å². The molecule has 1 atom stereocenters. The molecular weight excluding hydrogens is 244 g/mol. The summed E-state index contributed by atoms with van der Waals surface area (Å²) in [7, 11) is 0. The summed E-state index contributed by atoms with van der Waals surface area (Å²) in [5.41, 5.74) is 7.24. The third-order valence-corrected chi connectivity index (χ3v) is 2.80. The molecule has 0 radical (unpaired) electrons. The number of hydrogen-bond acceptors (Lipinski definition) is 2. The van der Waals surface area contributed by atoms with Gasteiger partial charge in [-0.3, -0.25) is 4.79 Å². The number of amides is 1. The van der Waals surface area contributed by atoms with Gasteiger partial charge in [0.1, 0.15) is 0 Å². The zero-order chi connectivity index (χ0) is 10.7. The summed E-state index contributed by atoms with van der Waals surface area (Å²) >= 11 is 3.39. The highest BCUT2D eigenvalue weighted by molar-refractivity contribution is 9.10. The van der Waals surface area contributed by atoms with E-state index in [4.69, 9.17) is 5.73 Å². The van der Waals surface area contributed by atoms with E-state index in [0.29, 0.717) is 0 Å². The summed E-state index contributed by atoms with van der Waals surface area (Å²) in [5.74, 6) is -0.175. The summed E-state index contributed by atoms with van der Waals surface area (Å²) in [5, 5.41) is 2.76. The average molecular weight is 257 g/mol. The van der Waals surface area contributed by atoms with Crippen molar-refractivity contribution in [2.75, 3.05) is 5.32 Å². The summed E-state index contributed by atoms with van der Waals surface area (Å²) < 4.78 is 0.972. The summed E-state index contributed by atoms with van der Waals surface area (Å²) in [6, 6.07) is 5.15. The lowest BCUT2D eigenvalue weighted by Gasteiger charge is -2.11. The number of rotatable bonds is 2. The molecule has 1 rings (SSSR count). The van der Waals surface area contributed by atoms with E-state index in [1.54, 1.807) is 6.92 Å². The van der Waals surface area contributed by atoms with E-state index in [1.807, 2.05) is 25.1 Å². The van der Waals surface area contributed by atoms with Crippen LogP contribution in [0.15, 0.2) is 22.7 Å². The van der Waals surface area contributed by atoms with Gasteiger partial charge in [0.15, 0.2) is 0 Å². The van der Waals surface area contributed by atoms with Crippen LogP contribution in [0.5, 0.6) is 0 Å². The molecule has 4 heteroatoms. The fraction of sp³-hybridized carbons (Fsp3) is 0.300. The Hall–Kier alpha value is -0.870. The molecule has 0 saturated carbocycles. The number of nitrogens with one attached hydrogen (secondary N) is 1. The zero-order valence-electron chi connectivity index (χ0n) is 8.17. The van der Waals surface area contributed by atoms with Gasteiger partial charge >= 0.3 is 0 Å². The van der Waals surface area contributed by atoms with Gasteiger partial charge in [-0.15, -0.1) is 0 Å². The predicted octanol–water partition coefficient (Wildman–Crippen LogP) is 2.04. The molecule has 3 N–H and O–H groups in total. The first-order valence-electron chi connectivity index (χ1n) is 4.34. The highest BCUT2D eigenvalue weighted by Gasteiger charge is 2.09. The third-order valence-electron chi connectivity index (χ3n) is 1.94. The fourth-order valence-corrected chi connectivity index (χ4v) is 1.36. The van der Waals surface area contributed by atoms with Gasteiger partial charge in [0.05, 0.1) is 6.04 Å². The number of carbonyl (C=O) groups is 1. The Bertz CT molecular complexity index is 350. The molecule has 0 aliphatic heterocycles. The first-order chi connectivity index (χ1) is 6.52. The summed E-state index contributed by atoms with van der Waals surface area (Å²) in [6.07, 6.45) is 0. The van der Waals surface area contributed by atoms with Crippen molar-refractivity contribution in [3.63, 3.8) is 0 Å². The van der Waals surface area contributed by atoms with Crippen molar-refractivity contribution in [1.29, 1.82) is 0 Å². The molecule has 0 heterocycles. The van der Waals surface area contributed by atoms with Crippen molar-refractivity contribution in [2.24, 2.45) is 5.73 Å². The minimum Gasteiger partial charge on any atom is -0.324 e. The maximum atomic E-state index is 11.3. The quantitative estimate of drug-likeness (QED) is 0.851. The Morgan fingerprint density at radius 3 is 2.79 bits per heavy atom. The highest BCUT2D eigenvalue weighted by Crippen LogP contribution is 2.23. The van der Waals surface area contributed by atoms with Gasteiger partial charge in [-0.05, 0) is 31.5 Å². The first kappa shape index (κ1) is 11.2. The smallest absolute Gasteiger partial charge is 0.241 e. The largest absolute Gasteiger partial charge is 0.324 e. The van der Waals surface area contributed by atoms with Crippen LogP contribution in [-0.2, 0) is 4.79 Å². The molecule has 0 bridgehead atoms. The van der Waals surface area contributed by atoms with Crippen LogP contribution < -0.4 is 11.1 Å². The maximum absolute atomic E-state index is 11.3. The molecule has 1 aromatic carbocycles. The van der Waals surface area contributed by atoms with Gasteiger partial charge in [0.2, 0.25) is 5.91 Å². The molecule has 0 fully saturated rings. The van der Waals surface area contributed by atoms with Crippen molar-refractivity contribution in [3.8, 4) is 0 Å². The Labute approximate surface area is 91.8 Å². The second-order valence-corrected chi connectivity index (χ2v) is 4.04. The highest BCUT2D eigenvalue weighted by atomic mass is 79.9. The molecule has 14 heavy (non-hydrogen) atoms. The Morgan fingerprint density at radius 1 is 1.57 bits per heavy atom. The Balaban J connectivity index is 2.87. The fourth-order valence-electron chi connectivity index (χ4n) is 0.989. The molecule has 1 amide bonds. The second kappa shape index (κ2) is 4.57. The number of anilines is 1. The van der Waals surface area contributed by atoms with E-state index < -0.39 is 6.04 Å². The van der Waals surface area contributed by atoms with Crippen LogP contribution in [0.2, 0.25) is 0 Å². The number of benzene rings is 1. The molecule has 76 valence electrons. The van der Waals surface area contributed by atoms with Gasteiger partial charge in [0, 0.05) is 10.2 Å². The molecule has 0 aliphatic rings. The van der Waals surface area contributed by atoms with Gasteiger partial charge < -0.3 is 11.1 Å².